The molecule has 1 N–H and O–H groups in total. The standard InChI is InChI=1S/C21H27N3O6S/c1-28-17-5-6-20(29-2)15(11-17)14-24(16-3-4-16)21(25)19-12-18(13-22-19)31(26,27)23-7-9-30-10-8-23/h5-6,11-13,16,22H,3-4,7-10,14H2,1-2H3. The lowest BCUT2D eigenvalue weighted by atomic mass is 10.1. The highest BCUT2D eigenvalue weighted by Crippen LogP contribution is 2.33. The fourth-order valence-electron chi connectivity index (χ4n) is 3.68. The molecule has 0 unspecified atom stereocenters. The van der Waals surface area contributed by atoms with Gasteiger partial charge in [0, 0.05) is 30.9 Å². The number of hydrogen-bond donors (Lipinski definition) is 1. The number of hydrogen-bond acceptors (Lipinski definition) is 6. The van der Waals surface area contributed by atoms with E-state index in [2.05, 4.69) is 4.98 Å². The molecule has 1 saturated heterocycles. The van der Waals surface area contributed by atoms with Crippen molar-refractivity contribution in [2.24, 2.45) is 0 Å². The quantitative estimate of drug-likeness (QED) is 0.660. The van der Waals surface area contributed by atoms with Gasteiger partial charge in [-0.2, -0.15) is 4.31 Å². The van der Waals surface area contributed by atoms with Gasteiger partial charge in [-0.1, -0.05) is 0 Å². The van der Waals surface area contributed by atoms with Crippen LogP contribution >= 0.6 is 0 Å². The van der Waals surface area contributed by atoms with Crippen molar-refractivity contribution in [1.29, 1.82) is 0 Å². The van der Waals surface area contributed by atoms with Crippen LogP contribution in [0.4, 0.5) is 0 Å². The molecule has 2 heterocycles. The number of H-pyrrole nitrogens is 1. The molecule has 2 aromatic rings. The van der Waals surface area contributed by atoms with Crippen molar-refractivity contribution in [1.82, 2.24) is 14.2 Å². The molecule has 0 bridgehead atoms. The van der Waals surface area contributed by atoms with E-state index in [9.17, 15) is 13.2 Å². The molecule has 1 aromatic carbocycles. The summed E-state index contributed by atoms with van der Waals surface area (Å²) in [6.45, 7) is 1.69. The summed E-state index contributed by atoms with van der Waals surface area (Å²) in [6, 6.07) is 7.01. The fraction of sp³-hybridized carbons (Fsp3) is 0.476. The summed E-state index contributed by atoms with van der Waals surface area (Å²) in [4.78, 5) is 18.0. The van der Waals surface area contributed by atoms with Crippen LogP contribution in [-0.4, -0.2) is 75.1 Å². The average Bonchev–Trinajstić information content (AvgIpc) is 3.51. The first-order chi connectivity index (χ1) is 14.9. The number of sulfonamides is 1. The van der Waals surface area contributed by atoms with Crippen LogP contribution in [0.1, 0.15) is 28.9 Å². The van der Waals surface area contributed by atoms with Crippen LogP contribution in [0.25, 0.3) is 0 Å². The monoisotopic (exact) mass is 449 g/mol. The molecule has 1 amide bonds. The molecule has 0 radical (unpaired) electrons. The number of ether oxygens (including phenoxy) is 3. The molecule has 168 valence electrons. The van der Waals surface area contributed by atoms with Gasteiger partial charge in [-0.3, -0.25) is 4.79 Å². The summed E-state index contributed by atoms with van der Waals surface area (Å²) in [5, 5.41) is 0. The van der Waals surface area contributed by atoms with Gasteiger partial charge in [0.25, 0.3) is 5.91 Å². The fourth-order valence-corrected chi connectivity index (χ4v) is 5.08. The maximum atomic E-state index is 13.3. The van der Waals surface area contributed by atoms with E-state index >= 15 is 0 Å². The van der Waals surface area contributed by atoms with Gasteiger partial charge in [-0.25, -0.2) is 8.42 Å². The van der Waals surface area contributed by atoms with E-state index in [4.69, 9.17) is 14.2 Å². The van der Waals surface area contributed by atoms with Crippen molar-refractivity contribution in [2.75, 3.05) is 40.5 Å². The second-order valence-corrected chi connectivity index (χ2v) is 9.55. The molecule has 1 aliphatic heterocycles. The first-order valence-corrected chi connectivity index (χ1v) is 11.7. The number of aromatic nitrogens is 1. The van der Waals surface area contributed by atoms with Crippen LogP contribution in [0.15, 0.2) is 35.4 Å². The Morgan fingerprint density at radius 1 is 1.19 bits per heavy atom. The third-order valence-electron chi connectivity index (χ3n) is 5.57. The summed E-state index contributed by atoms with van der Waals surface area (Å²) < 4.78 is 43.1. The van der Waals surface area contributed by atoms with Crippen LogP contribution in [-0.2, 0) is 21.3 Å². The van der Waals surface area contributed by atoms with E-state index in [0.717, 1.165) is 18.4 Å². The topological polar surface area (TPSA) is 101 Å². The SMILES string of the molecule is COc1ccc(OC)c(CN(C(=O)c2cc(S(=O)(=O)N3CCOCC3)c[nH]2)C2CC2)c1. The minimum absolute atomic E-state index is 0.0902. The first kappa shape index (κ1) is 21.7. The summed E-state index contributed by atoms with van der Waals surface area (Å²) in [5.41, 5.74) is 1.08. The van der Waals surface area contributed by atoms with Crippen molar-refractivity contribution < 1.29 is 27.4 Å². The molecule has 2 fully saturated rings. The number of carbonyl (C=O) groups is 1. The molecule has 2 aliphatic rings. The zero-order valence-corrected chi connectivity index (χ0v) is 18.5. The van der Waals surface area contributed by atoms with Crippen molar-refractivity contribution >= 4 is 15.9 Å². The lowest BCUT2D eigenvalue weighted by Gasteiger charge is -2.25. The molecule has 10 heteroatoms. The summed E-state index contributed by atoms with van der Waals surface area (Å²) in [6.07, 6.45) is 3.21. The molecular weight excluding hydrogens is 422 g/mol. The molecule has 1 aliphatic carbocycles. The van der Waals surface area contributed by atoms with Gasteiger partial charge in [0.2, 0.25) is 10.0 Å². The van der Waals surface area contributed by atoms with Crippen LogP contribution in [0, 0.1) is 0 Å². The average molecular weight is 450 g/mol. The molecule has 0 atom stereocenters. The smallest absolute Gasteiger partial charge is 0.270 e. The van der Waals surface area contributed by atoms with Crippen LogP contribution in [0.3, 0.4) is 0 Å². The van der Waals surface area contributed by atoms with E-state index in [1.807, 2.05) is 12.1 Å². The van der Waals surface area contributed by atoms with Gasteiger partial charge in [0.1, 0.15) is 22.1 Å². The number of nitrogens with zero attached hydrogens (tertiary/aromatic N) is 2. The molecule has 1 saturated carbocycles. The zero-order chi connectivity index (χ0) is 22.0. The number of amides is 1. The van der Waals surface area contributed by atoms with Gasteiger partial charge >= 0.3 is 0 Å². The van der Waals surface area contributed by atoms with Crippen molar-refractivity contribution in [3.05, 3.63) is 41.7 Å². The number of benzene rings is 1. The lowest BCUT2D eigenvalue weighted by molar-refractivity contribution is 0.0722. The Labute approximate surface area is 181 Å². The summed E-state index contributed by atoms with van der Waals surface area (Å²) in [7, 11) is -0.495. The normalized spacial score (nSPS) is 17.4. The van der Waals surface area contributed by atoms with E-state index < -0.39 is 10.0 Å². The second kappa shape index (κ2) is 8.89. The molecule has 9 nitrogen and oxygen atoms in total. The Bertz CT molecular complexity index is 1040. The lowest BCUT2D eigenvalue weighted by Crippen LogP contribution is -2.40. The number of aromatic amines is 1. The number of methoxy groups -OCH3 is 2. The van der Waals surface area contributed by atoms with E-state index in [1.54, 1.807) is 25.2 Å². The Morgan fingerprint density at radius 3 is 2.58 bits per heavy atom. The Balaban J connectivity index is 1.56. The molecule has 31 heavy (non-hydrogen) atoms. The van der Waals surface area contributed by atoms with Gasteiger partial charge in [0.15, 0.2) is 0 Å². The maximum Gasteiger partial charge on any atom is 0.270 e. The maximum absolute atomic E-state index is 13.3. The van der Waals surface area contributed by atoms with Crippen molar-refractivity contribution in [3.63, 3.8) is 0 Å². The largest absolute Gasteiger partial charge is 0.497 e. The molecule has 4 rings (SSSR count). The van der Waals surface area contributed by atoms with Gasteiger partial charge < -0.3 is 24.1 Å². The summed E-state index contributed by atoms with van der Waals surface area (Å²) >= 11 is 0. The predicted octanol–water partition coefficient (Wildman–Crippen LogP) is 1.86. The predicted molar refractivity (Wildman–Crippen MR) is 113 cm³/mol. The number of nitrogens with one attached hydrogen (secondary N) is 1. The molecular formula is C21H27N3O6S. The summed E-state index contributed by atoms with van der Waals surface area (Å²) in [5.74, 6) is 1.11. The third kappa shape index (κ3) is 4.56. The highest BCUT2D eigenvalue weighted by atomic mass is 32.2. The number of carbonyl (C=O) groups excluding carboxylic acids is 1. The van der Waals surface area contributed by atoms with Crippen molar-refractivity contribution in [3.8, 4) is 11.5 Å². The Morgan fingerprint density at radius 2 is 1.94 bits per heavy atom. The van der Waals surface area contributed by atoms with E-state index in [1.165, 1.54) is 16.6 Å². The van der Waals surface area contributed by atoms with Crippen LogP contribution in [0.2, 0.25) is 0 Å². The Kier molecular flexibility index (Phi) is 6.22. The highest BCUT2D eigenvalue weighted by molar-refractivity contribution is 7.89. The minimum Gasteiger partial charge on any atom is -0.497 e. The van der Waals surface area contributed by atoms with E-state index in [-0.39, 0.29) is 22.5 Å². The highest BCUT2D eigenvalue weighted by Gasteiger charge is 2.35. The number of morpholine rings is 1. The second-order valence-electron chi connectivity index (χ2n) is 7.61. The van der Waals surface area contributed by atoms with Gasteiger partial charge in [-0.15, -0.1) is 0 Å². The van der Waals surface area contributed by atoms with Crippen LogP contribution in [0.5, 0.6) is 11.5 Å². The van der Waals surface area contributed by atoms with Gasteiger partial charge in [-0.05, 0) is 37.1 Å². The first-order valence-electron chi connectivity index (χ1n) is 10.2. The number of rotatable bonds is 8. The van der Waals surface area contributed by atoms with Crippen LogP contribution < -0.4 is 9.47 Å². The minimum atomic E-state index is -3.67. The molecule has 1 aromatic heterocycles. The zero-order valence-electron chi connectivity index (χ0n) is 17.7. The Hall–Kier alpha value is -2.56. The van der Waals surface area contributed by atoms with Crippen molar-refractivity contribution in [2.45, 2.75) is 30.3 Å². The molecule has 0 spiro atoms. The third-order valence-corrected chi connectivity index (χ3v) is 7.45. The van der Waals surface area contributed by atoms with E-state index in [0.29, 0.717) is 44.3 Å². The van der Waals surface area contributed by atoms with Gasteiger partial charge in [0.05, 0.1) is 34.0 Å².